The van der Waals surface area contributed by atoms with Gasteiger partial charge >= 0.3 is 0 Å². The fourth-order valence-electron chi connectivity index (χ4n) is 2.08. The summed E-state index contributed by atoms with van der Waals surface area (Å²) in [6.07, 6.45) is 4.75. The number of hydrogen-bond acceptors (Lipinski definition) is 1. The molecule has 4 nitrogen and oxygen atoms in total. The highest BCUT2D eigenvalue weighted by Crippen LogP contribution is 2.17. The minimum Gasteiger partial charge on any atom is -0.356 e. The van der Waals surface area contributed by atoms with Crippen molar-refractivity contribution in [2.24, 2.45) is 4.99 Å². The summed E-state index contributed by atoms with van der Waals surface area (Å²) >= 11 is 6.00. The lowest BCUT2D eigenvalue weighted by Gasteiger charge is -2.12. The van der Waals surface area contributed by atoms with Crippen LogP contribution in [0.4, 0.5) is 4.39 Å². The molecule has 23 heavy (non-hydrogen) atoms. The summed E-state index contributed by atoms with van der Waals surface area (Å²) in [5.41, 5.74) is 0.915. The molecule has 0 aliphatic rings. The Labute approximate surface area is 158 Å². The van der Waals surface area contributed by atoms with Crippen LogP contribution in [-0.2, 0) is 13.0 Å². The van der Waals surface area contributed by atoms with E-state index in [1.165, 1.54) is 12.1 Å². The van der Waals surface area contributed by atoms with E-state index in [2.05, 4.69) is 20.2 Å². The fourth-order valence-corrected chi connectivity index (χ4v) is 2.34. The Morgan fingerprint density at radius 2 is 1.91 bits per heavy atom. The van der Waals surface area contributed by atoms with Gasteiger partial charge in [-0.25, -0.2) is 4.39 Å². The van der Waals surface area contributed by atoms with Crippen LogP contribution in [0.2, 0.25) is 5.02 Å². The van der Waals surface area contributed by atoms with Gasteiger partial charge in [-0.15, -0.1) is 24.0 Å². The molecule has 1 aromatic carbocycles. The number of rotatable bonds is 6. The maximum Gasteiger partial charge on any atom is 0.191 e. The van der Waals surface area contributed by atoms with Crippen LogP contribution in [0.3, 0.4) is 0 Å². The van der Waals surface area contributed by atoms with Crippen LogP contribution in [0.25, 0.3) is 0 Å². The van der Waals surface area contributed by atoms with Crippen molar-refractivity contribution < 1.29 is 4.39 Å². The summed E-state index contributed by atoms with van der Waals surface area (Å²) in [7, 11) is 1.73. The molecule has 2 rings (SSSR count). The van der Waals surface area contributed by atoms with Crippen LogP contribution < -0.4 is 10.6 Å². The van der Waals surface area contributed by atoms with Crippen molar-refractivity contribution in [3.05, 3.63) is 59.1 Å². The Morgan fingerprint density at radius 3 is 2.57 bits per heavy atom. The Hall–Kier alpha value is -1.28. The summed E-state index contributed by atoms with van der Waals surface area (Å²) in [6.45, 7) is 2.33. The Balaban J connectivity index is 0.00000264. The minimum atomic E-state index is -0.316. The first kappa shape index (κ1) is 19.8. The molecule has 0 atom stereocenters. The number of hydrogen-bond donors (Lipinski definition) is 2. The number of nitrogens with one attached hydrogen (secondary N) is 2. The predicted octanol–water partition coefficient (Wildman–Crippen LogP) is 3.31. The molecule has 0 amide bonds. The minimum absolute atomic E-state index is 0. The van der Waals surface area contributed by atoms with Crippen LogP contribution in [0, 0.1) is 5.82 Å². The van der Waals surface area contributed by atoms with Gasteiger partial charge in [-0.05, 0) is 36.2 Å². The van der Waals surface area contributed by atoms with Gasteiger partial charge in [0.2, 0.25) is 0 Å². The van der Waals surface area contributed by atoms with E-state index in [0.717, 1.165) is 24.6 Å². The van der Waals surface area contributed by atoms with Gasteiger partial charge in [-0.2, -0.15) is 0 Å². The summed E-state index contributed by atoms with van der Waals surface area (Å²) in [4.78, 5) is 4.17. The highest BCUT2D eigenvalue weighted by atomic mass is 127. The third-order valence-electron chi connectivity index (χ3n) is 3.25. The van der Waals surface area contributed by atoms with Crippen molar-refractivity contribution in [1.82, 2.24) is 15.2 Å². The van der Waals surface area contributed by atoms with E-state index in [1.807, 2.05) is 24.5 Å². The molecule has 0 radical (unpaired) electrons. The van der Waals surface area contributed by atoms with Crippen LogP contribution in [-0.4, -0.2) is 30.7 Å². The summed E-state index contributed by atoms with van der Waals surface area (Å²) in [5, 5.41) is 6.92. The Morgan fingerprint density at radius 1 is 1.22 bits per heavy atom. The molecular weight excluding hydrogens is 430 g/mol. The first-order valence-corrected chi connectivity index (χ1v) is 7.56. The zero-order valence-corrected chi connectivity index (χ0v) is 16.0. The molecule has 0 aliphatic carbocycles. The van der Waals surface area contributed by atoms with Gasteiger partial charge in [0.1, 0.15) is 5.82 Å². The lowest BCUT2D eigenvalue weighted by atomic mass is 10.1. The molecule has 0 bridgehead atoms. The van der Waals surface area contributed by atoms with Gasteiger partial charge in [0.05, 0.1) is 0 Å². The van der Waals surface area contributed by atoms with Gasteiger partial charge in [0.25, 0.3) is 0 Å². The van der Waals surface area contributed by atoms with E-state index in [9.17, 15) is 4.39 Å². The number of guanidine groups is 1. The number of halogens is 3. The summed E-state index contributed by atoms with van der Waals surface area (Å²) in [5.74, 6) is 0.426. The van der Waals surface area contributed by atoms with Crippen LogP contribution >= 0.6 is 35.6 Å². The van der Waals surface area contributed by atoms with E-state index in [4.69, 9.17) is 11.6 Å². The Kier molecular flexibility index (Phi) is 9.01. The Bertz CT molecular complexity index is 617. The molecule has 0 saturated heterocycles. The van der Waals surface area contributed by atoms with E-state index in [0.29, 0.717) is 18.0 Å². The maximum absolute atomic E-state index is 13.0. The first-order chi connectivity index (χ1) is 10.7. The average molecular weight is 451 g/mol. The third-order valence-corrected chi connectivity index (χ3v) is 3.61. The number of benzene rings is 1. The van der Waals surface area contributed by atoms with E-state index in [-0.39, 0.29) is 29.8 Å². The molecular formula is C16H21ClFIN4. The van der Waals surface area contributed by atoms with Crippen molar-refractivity contribution in [3.63, 3.8) is 0 Å². The van der Waals surface area contributed by atoms with Crippen LogP contribution in [0.1, 0.15) is 5.56 Å². The fraction of sp³-hybridized carbons (Fsp3) is 0.312. The average Bonchev–Trinajstić information content (AvgIpc) is 3.01. The van der Waals surface area contributed by atoms with Crippen LogP contribution in [0.15, 0.2) is 47.7 Å². The van der Waals surface area contributed by atoms with Crippen molar-refractivity contribution in [1.29, 1.82) is 0 Å². The highest BCUT2D eigenvalue weighted by Gasteiger charge is 2.03. The normalized spacial score (nSPS) is 11.0. The molecule has 0 spiro atoms. The number of nitrogens with zero attached hydrogens (tertiary/aromatic N) is 2. The first-order valence-electron chi connectivity index (χ1n) is 7.18. The van der Waals surface area contributed by atoms with E-state index < -0.39 is 0 Å². The maximum atomic E-state index is 13.0. The lowest BCUT2D eigenvalue weighted by Crippen LogP contribution is -2.39. The van der Waals surface area contributed by atoms with Crippen LogP contribution in [0.5, 0.6) is 0 Å². The lowest BCUT2D eigenvalue weighted by molar-refractivity contribution is 0.626. The number of aromatic nitrogens is 1. The third kappa shape index (κ3) is 6.78. The molecule has 2 N–H and O–H groups in total. The van der Waals surface area contributed by atoms with Gasteiger partial charge in [-0.1, -0.05) is 17.7 Å². The topological polar surface area (TPSA) is 41.4 Å². The van der Waals surface area contributed by atoms with Gasteiger partial charge in [0, 0.05) is 44.1 Å². The molecule has 0 saturated carbocycles. The second-order valence-corrected chi connectivity index (χ2v) is 5.24. The van der Waals surface area contributed by atoms with Crippen molar-refractivity contribution in [2.45, 2.75) is 13.0 Å². The zero-order chi connectivity index (χ0) is 15.8. The monoisotopic (exact) mass is 450 g/mol. The summed E-state index contributed by atoms with van der Waals surface area (Å²) < 4.78 is 15.1. The molecule has 0 fully saturated rings. The molecule has 0 unspecified atom stereocenters. The SMILES string of the molecule is CN=C(NCCc1ccc(F)cc1Cl)NCCn1cccc1.I. The number of aliphatic imine (C=N–C) groups is 1. The molecule has 0 aliphatic heterocycles. The smallest absolute Gasteiger partial charge is 0.191 e. The van der Waals surface area contributed by atoms with E-state index in [1.54, 1.807) is 13.1 Å². The highest BCUT2D eigenvalue weighted by molar-refractivity contribution is 14.0. The van der Waals surface area contributed by atoms with Crippen molar-refractivity contribution in [2.75, 3.05) is 20.1 Å². The van der Waals surface area contributed by atoms with Crippen molar-refractivity contribution in [3.8, 4) is 0 Å². The zero-order valence-electron chi connectivity index (χ0n) is 12.9. The van der Waals surface area contributed by atoms with Gasteiger partial charge in [-0.3, -0.25) is 4.99 Å². The second-order valence-electron chi connectivity index (χ2n) is 4.83. The van der Waals surface area contributed by atoms with Crippen molar-refractivity contribution >= 4 is 41.5 Å². The standard InChI is InChI=1S/C16H20ClFN4.HI/c1-19-16(21-8-11-22-9-2-3-10-22)20-7-6-13-4-5-14(18)12-15(13)17;/h2-5,9-10,12H,6-8,11H2,1H3,(H2,19,20,21);1H. The van der Waals surface area contributed by atoms with Gasteiger partial charge in [0.15, 0.2) is 5.96 Å². The molecule has 7 heteroatoms. The molecule has 2 aromatic rings. The molecule has 1 heterocycles. The second kappa shape index (κ2) is 10.5. The predicted molar refractivity (Wildman–Crippen MR) is 104 cm³/mol. The molecule has 1 aromatic heterocycles. The largest absolute Gasteiger partial charge is 0.356 e. The van der Waals surface area contributed by atoms with Gasteiger partial charge < -0.3 is 15.2 Å². The quantitative estimate of drug-likeness (QED) is 0.403. The summed E-state index contributed by atoms with van der Waals surface area (Å²) in [6, 6.07) is 8.47. The molecule has 126 valence electrons. The van der Waals surface area contributed by atoms with E-state index >= 15 is 0 Å².